The summed E-state index contributed by atoms with van der Waals surface area (Å²) in [7, 11) is 0. The van der Waals surface area contributed by atoms with Gasteiger partial charge in [0.05, 0.1) is 0 Å². The van der Waals surface area contributed by atoms with Crippen LogP contribution >= 0.6 is 0 Å². The van der Waals surface area contributed by atoms with Crippen LogP contribution in [0.15, 0.2) is 0 Å². The second-order valence-corrected chi connectivity index (χ2v) is 7.21. The highest BCUT2D eigenvalue weighted by Crippen LogP contribution is 2.64. The molecular weight excluding hydrogens is 180 g/mol. The fourth-order valence-corrected chi connectivity index (χ4v) is 5.47. The molecule has 3 aliphatic rings. The van der Waals surface area contributed by atoms with E-state index in [9.17, 15) is 0 Å². The van der Waals surface area contributed by atoms with Crippen LogP contribution in [0.5, 0.6) is 0 Å². The van der Waals surface area contributed by atoms with Crippen molar-refractivity contribution >= 4 is 0 Å². The topological polar surface area (TPSA) is 0 Å². The van der Waals surface area contributed by atoms with Crippen molar-refractivity contribution in [2.75, 3.05) is 0 Å². The fraction of sp³-hybridized carbons (Fsp3) is 1.00. The second-order valence-electron chi connectivity index (χ2n) is 7.21. The lowest BCUT2D eigenvalue weighted by molar-refractivity contribution is 0.104. The molecule has 0 nitrogen and oxygen atoms in total. The van der Waals surface area contributed by atoms with E-state index in [1.807, 2.05) is 0 Å². The third kappa shape index (κ3) is 1.33. The first-order valence-corrected chi connectivity index (χ1v) is 7.10. The van der Waals surface area contributed by atoms with E-state index in [2.05, 4.69) is 20.8 Å². The van der Waals surface area contributed by atoms with Crippen LogP contribution < -0.4 is 0 Å². The molecule has 3 saturated carbocycles. The van der Waals surface area contributed by atoms with Crippen LogP contribution in [-0.2, 0) is 0 Å². The van der Waals surface area contributed by atoms with Gasteiger partial charge in [0.25, 0.3) is 0 Å². The molecule has 0 aromatic heterocycles. The minimum absolute atomic E-state index is 0.667. The van der Waals surface area contributed by atoms with Gasteiger partial charge in [-0.05, 0) is 60.7 Å². The molecule has 0 heterocycles. The summed E-state index contributed by atoms with van der Waals surface area (Å²) in [5.74, 6) is 5.39. The van der Waals surface area contributed by atoms with Crippen LogP contribution in [0, 0.1) is 35.0 Å². The Bertz CT molecular complexity index is 253. The lowest BCUT2D eigenvalue weighted by atomic mass is 9.66. The third-order valence-electron chi connectivity index (χ3n) is 6.20. The molecular formula is C15H26. The van der Waals surface area contributed by atoms with Gasteiger partial charge in [-0.1, -0.05) is 33.6 Å². The smallest absolute Gasteiger partial charge is 0.0292 e. The first-order chi connectivity index (χ1) is 7.10. The van der Waals surface area contributed by atoms with E-state index >= 15 is 0 Å². The molecule has 0 heteroatoms. The van der Waals surface area contributed by atoms with Gasteiger partial charge in [0.2, 0.25) is 0 Å². The average molecular weight is 206 g/mol. The van der Waals surface area contributed by atoms with Gasteiger partial charge in [0.1, 0.15) is 0 Å². The number of hydrogen-bond acceptors (Lipinski definition) is 0. The van der Waals surface area contributed by atoms with Crippen LogP contribution in [0.25, 0.3) is 0 Å². The van der Waals surface area contributed by atoms with Crippen molar-refractivity contribution in [1.82, 2.24) is 0 Å². The van der Waals surface area contributed by atoms with Crippen LogP contribution in [-0.4, -0.2) is 0 Å². The largest absolute Gasteiger partial charge is 0.0625 e. The average Bonchev–Trinajstić information content (AvgIpc) is 2.72. The van der Waals surface area contributed by atoms with Gasteiger partial charge in [0.15, 0.2) is 0 Å². The van der Waals surface area contributed by atoms with Gasteiger partial charge in [-0.3, -0.25) is 0 Å². The predicted molar refractivity (Wildman–Crippen MR) is 64.6 cm³/mol. The summed E-state index contributed by atoms with van der Waals surface area (Å²) in [4.78, 5) is 0. The molecule has 0 N–H and O–H groups in total. The normalized spacial score (nSPS) is 52.6. The molecule has 0 bridgehead atoms. The Labute approximate surface area is 94.8 Å². The van der Waals surface area contributed by atoms with Crippen molar-refractivity contribution in [3.8, 4) is 0 Å². The molecule has 0 aromatic rings. The van der Waals surface area contributed by atoms with E-state index in [4.69, 9.17) is 0 Å². The van der Waals surface area contributed by atoms with E-state index in [0.717, 1.165) is 29.6 Å². The molecule has 0 aromatic carbocycles. The molecule has 5 unspecified atom stereocenters. The number of rotatable bonds is 0. The summed E-state index contributed by atoms with van der Waals surface area (Å²) in [6.45, 7) is 7.64. The lowest BCUT2D eigenvalue weighted by Gasteiger charge is -2.39. The second kappa shape index (κ2) is 3.25. The van der Waals surface area contributed by atoms with Gasteiger partial charge in [-0.2, -0.15) is 0 Å². The molecule has 15 heavy (non-hydrogen) atoms. The maximum Gasteiger partial charge on any atom is -0.0292 e. The Morgan fingerprint density at radius 3 is 2.40 bits per heavy atom. The van der Waals surface area contributed by atoms with Gasteiger partial charge in [-0.25, -0.2) is 0 Å². The van der Waals surface area contributed by atoms with Crippen molar-refractivity contribution in [2.24, 2.45) is 35.0 Å². The summed E-state index contributed by atoms with van der Waals surface area (Å²) >= 11 is 0. The number of fused-ring (bicyclic) bond motifs is 3. The van der Waals surface area contributed by atoms with Gasteiger partial charge < -0.3 is 0 Å². The Kier molecular flexibility index (Phi) is 2.20. The van der Waals surface area contributed by atoms with Crippen molar-refractivity contribution in [1.29, 1.82) is 0 Å². The van der Waals surface area contributed by atoms with E-state index < -0.39 is 0 Å². The highest BCUT2D eigenvalue weighted by atomic mass is 14.6. The van der Waals surface area contributed by atoms with E-state index in [0.29, 0.717) is 5.41 Å². The molecule has 0 aliphatic heterocycles. The molecule has 86 valence electrons. The van der Waals surface area contributed by atoms with Crippen molar-refractivity contribution < 1.29 is 0 Å². The monoisotopic (exact) mass is 206 g/mol. The molecule has 3 fully saturated rings. The van der Waals surface area contributed by atoms with Gasteiger partial charge in [0, 0.05) is 0 Å². The summed E-state index contributed by atoms with van der Waals surface area (Å²) in [6.07, 6.45) is 9.22. The molecule has 0 saturated heterocycles. The highest BCUT2D eigenvalue weighted by molar-refractivity contribution is 5.05. The molecule has 0 amide bonds. The predicted octanol–water partition coefficient (Wildman–Crippen LogP) is 4.49. The van der Waals surface area contributed by atoms with E-state index in [1.165, 1.54) is 19.3 Å². The summed E-state index contributed by atoms with van der Waals surface area (Å²) in [5.41, 5.74) is 0.667. The van der Waals surface area contributed by atoms with Gasteiger partial charge in [-0.15, -0.1) is 0 Å². The zero-order valence-corrected chi connectivity index (χ0v) is 10.6. The van der Waals surface area contributed by atoms with Crippen molar-refractivity contribution in [3.05, 3.63) is 0 Å². The maximum atomic E-state index is 2.58. The Hall–Kier alpha value is 0. The van der Waals surface area contributed by atoms with Crippen LogP contribution in [0.2, 0.25) is 0 Å². The number of hydrogen-bond donors (Lipinski definition) is 0. The minimum atomic E-state index is 0.667. The fourth-order valence-electron chi connectivity index (χ4n) is 5.47. The molecule has 0 radical (unpaired) electrons. The van der Waals surface area contributed by atoms with Crippen molar-refractivity contribution in [2.45, 2.75) is 59.3 Å². The lowest BCUT2D eigenvalue weighted by Crippen LogP contribution is -2.31. The van der Waals surface area contributed by atoms with Crippen LogP contribution in [0.4, 0.5) is 0 Å². The molecule has 0 spiro atoms. The Balaban J connectivity index is 1.90. The van der Waals surface area contributed by atoms with Gasteiger partial charge >= 0.3 is 0 Å². The van der Waals surface area contributed by atoms with Crippen LogP contribution in [0.3, 0.4) is 0 Å². The molecule has 3 aliphatic carbocycles. The standard InChI is InChI=1S/C15H26/c1-10-7-8-12-11-5-4-6-13(11)15(2,3)14(12)9-10/h10-14H,4-9H2,1-3H3. The maximum absolute atomic E-state index is 2.58. The molecule has 5 atom stereocenters. The van der Waals surface area contributed by atoms with E-state index in [1.54, 1.807) is 19.3 Å². The highest BCUT2D eigenvalue weighted by Gasteiger charge is 2.56. The minimum Gasteiger partial charge on any atom is -0.0625 e. The van der Waals surface area contributed by atoms with Crippen LogP contribution in [0.1, 0.15) is 59.3 Å². The first-order valence-electron chi connectivity index (χ1n) is 7.10. The third-order valence-corrected chi connectivity index (χ3v) is 6.20. The quantitative estimate of drug-likeness (QED) is 0.547. The zero-order valence-electron chi connectivity index (χ0n) is 10.6. The summed E-state index contributed by atoms with van der Waals surface area (Å²) in [6, 6.07) is 0. The first kappa shape index (κ1) is 10.2. The van der Waals surface area contributed by atoms with Crippen molar-refractivity contribution in [3.63, 3.8) is 0 Å². The SMILES string of the molecule is CC1CCC2C3CCCC3C(C)(C)C2C1. The van der Waals surface area contributed by atoms with E-state index in [-0.39, 0.29) is 0 Å². The zero-order chi connectivity index (χ0) is 10.6. The summed E-state index contributed by atoms with van der Waals surface area (Å²) < 4.78 is 0. The summed E-state index contributed by atoms with van der Waals surface area (Å²) in [5, 5.41) is 0. The molecule has 3 rings (SSSR count). The Morgan fingerprint density at radius 1 is 0.867 bits per heavy atom. The Morgan fingerprint density at radius 2 is 1.60 bits per heavy atom.